The summed E-state index contributed by atoms with van der Waals surface area (Å²) in [7, 11) is 0. The number of amides is 1. The van der Waals surface area contributed by atoms with E-state index in [9.17, 15) is 14.3 Å². The van der Waals surface area contributed by atoms with Crippen LogP contribution in [0, 0.1) is 5.82 Å². The zero-order valence-electron chi connectivity index (χ0n) is 16.9. The van der Waals surface area contributed by atoms with Gasteiger partial charge in [-0.3, -0.25) is 4.79 Å². The lowest BCUT2D eigenvalue weighted by atomic mass is 9.89. The fourth-order valence-corrected chi connectivity index (χ4v) is 3.71. The molecule has 2 aromatic rings. The van der Waals surface area contributed by atoms with Crippen LogP contribution in [0.15, 0.2) is 42.5 Å². The van der Waals surface area contributed by atoms with Crippen LogP contribution in [-0.2, 0) is 11.2 Å². The van der Waals surface area contributed by atoms with Gasteiger partial charge in [0, 0.05) is 36.6 Å². The van der Waals surface area contributed by atoms with Gasteiger partial charge in [-0.15, -0.1) is 0 Å². The highest BCUT2D eigenvalue weighted by molar-refractivity contribution is 6.30. The molecule has 6 nitrogen and oxygen atoms in total. The Bertz CT molecular complexity index is 857. The summed E-state index contributed by atoms with van der Waals surface area (Å²) in [6, 6.07) is 11.6. The van der Waals surface area contributed by atoms with Crippen molar-refractivity contribution in [2.45, 2.75) is 31.4 Å². The molecule has 0 aromatic heterocycles. The molecule has 1 saturated heterocycles. The van der Waals surface area contributed by atoms with Crippen LogP contribution in [0.2, 0.25) is 5.02 Å². The SMILES string of the molecule is CC(=O)Nc1ccc(F)cc1OC[C@@H](O)CN[C@]1(Cc2ccc(Cl)cc2)CCNC1. The number of aliphatic hydroxyl groups excluding tert-OH is 1. The van der Waals surface area contributed by atoms with Gasteiger partial charge in [-0.05, 0) is 49.2 Å². The van der Waals surface area contributed by atoms with Crippen molar-refractivity contribution in [2.24, 2.45) is 0 Å². The summed E-state index contributed by atoms with van der Waals surface area (Å²) in [5.41, 5.74) is 1.36. The first kappa shape index (κ1) is 22.5. The van der Waals surface area contributed by atoms with Crippen molar-refractivity contribution in [3.05, 3.63) is 58.9 Å². The number of halogens is 2. The van der Waals surface area contributed by atoms with E-state index in [0.717, 1.165) is 25.9 Å². The van der Waals surface area contributed by atoms with Crippen LogP contribution < -0.4 is 20.7 Å². The Hall–Kier alpha value is -2.19. The van der Waals surface area contributed by atoms with Crippen molar-refractivity contribution in [3.8, 4) is 5.75 Å². The molecule has 162 valence electrons. The van der Waals surface area contributed by atoms with Crippen LogP contribution in [0.3, 0.4) is 0 Å². The van der Waals surface area contributed by atoms with Gasteiger partial charge in [0.1, 0.15) is 24.3 Å². The zero-order valence-corrected chi connectivity index (χ0v) is 17.6. The van der Waals surface area contributed by atoms with E-state index >= 15 is 0 Å². The second-order valence-corrected chi connectivity index (χ2v) is 8.11. The minimum absolute atomic E-state index is 0.0342. The Morgan fingerprint density at radius 3 is 2.77 bits per heavy atom. The van der Waals surface area contributed by atoms with E-state index in [1.165, 1.54) is 30.7 Å². The van der Waals surface area contributed by atoms with Crippen LogP contribution in [-0.4, -0.2) is 48.9 Å². The van der Waals surface area contributed by atoms with Crippen molar-refractivity contribution in [2.75, 3.05) is 31.6 Å². The highest BCUT2D eigenvalue weighted by Gasteiger charge is 2.34. The maximum atomic E-state index is 13.6. The van der Waals surface area contributed by atoms with Crippen LogP contribution in [0.1, 0.15) is 18.9 Å². The molecule has 1 aliphatic rings. The van der Waals surface area contributed by atoms with E-state index in [0.29, 0.717) is 17.3 Å². The molecule has 3 rings (SSSR count). The molecule has 1 heterocycles. The van der Waals surface area contributed by atoms with Crippen molar-refractivity contribution in [1.29, 1.82) is 0 Å². The number of hydrogen-bond donors (Lipinski definition) is 4. The third-order valence-corrected chi connectivity index (χ3v) is 5.35. The lowest BCUT2D eigenvalue weighted by Crippen LogP contribution is -2.52. The van der Waals surface area contributed by atoms with Gasteiger partial charge in [-0.2, -0.15) is 0 Å². The van der Waals surface area contributed by atoms with Crippen LogP contribution in [0.25, 0.3) is 0 Å². The molecule has 0 unspecified atom stereocenters. The maximum absolute atomic E-state index is 13.6. The quantitative estimate of drug-likeness (QED) is 0.487. The Morgan fingerprint density at radius 2 is 2.10 bits per heavy atom. The van der Waals surface area contributed by atoms with Crippen molar-refractivity contribution >= 4 is 23.2 Å². The average molecular weight is 436 g/mol. The number of hydrogen-bond acceptors (Lipinski definition) is 5. The summed E-state index contributed by atoms with van der Waals surface area (Å²) in [6.45, 7) is 3.34. The molecule has 0 saturated carbocycles. The van der Waals surface area contributed by atoms with Gasteiger partial charge < -0.3 is 25.8 Å². The molecule has 2 aromatic carbocycles. The van der Waals surface area contributed by atoms with Crippen molar-refractivity contribution in [1.82, 2.24) is 10.6 Å². The van der Waals surface area contributed by atoms with E-state index in [2.05, 4.69) is 16.0 Å². The fourth-order valence-electron chi connectivity index (χ4n) is 3.59. The summed E-state index contributed by atoms with van der Waals surface area (Å²) in [5, 5.41) is 20.6. The Morgan fingerprint density at radius 1 is 1.33 bits per heavy atom. The van der Waals surface area contributed by atoms with E-state index < -0.39 is 11.9 Å². The molecule has 8 heteroatoms. The third-order valence-electron chi connectivity index (χ3n) is 5.10. The van der Waals surface area contributed by atoms with E-state index in [-0.39, 0.29) is 23.8 Å². The van der Waals surface area contributed by atoms with E-state index in [1.807, 2.05) is 24.3 Å². The topological polar surface area (TPSA) is 82.6 Å². The second kappa shape index (κ2) is 10.2. The number of aliphatic hydroxyl groups is 1. The molecular formula is C22H27ClFN3O3. The molecule has 0 spiro atoms. The first-order valence-electron chi connectivity index (χ1n) is 9.93. The normalized spacial score (nSPS) is 19.5. The molecule has 1 amide bonds. The van der Waals surface area contributed by atoms with Gasteiger partial charge in [0.2, 0.25) is 5.91 Å². The molecule has 30 heavy (non-hydrogen) atoms. The third kappa shape index (κ3) is 6.40. The predicted molar refractivity (Wildman–Crippen MR) is 116 cm³/mol. The van der Waals surface area contributed by atoms with Crippen LogP contribution in [0.5, 0.6) is 5.75 Å². The smallest absolute Gasteiger partial charge is 0.221 e. The highest BCUT2D eigenvalue weighted by Crippen LogP contribution is 2.26. The molecule has 1 aliphatic heterocycles. The van der Waals surface area contributed by atoms with Crippen molar-refractivity contribution in [3.63, 3.8) is 0 Å². The lowest BCUT2D eigenvalue weighted by Gasteiger charge is -2.31. The Balaban J connectivity index is 1.56. The molecular weight excluding hydrogens is 409 g/mol. The minimum atomic E-state index is -0.805. The summed E-state index contributed by atoms with van der Waals surface area (Å²) >= 11 is 5.98. The van der Waals surface area contributed by atoms with Gasteiger partial charge in [-0.25, -0.2) is 4.39 Å². The second-order valence-electron chi connectivity index (χ2n) is 7.68. The number of carbonyl (C=O) groups excluding carboxylic acids is 1. The van der Waals surface area contributed by atoms with Crippen LogP contribution >= 0.6 is 11.6 Å². The Labute approximate surface area is 180 Å². The minimum Gasteiger partial charge on any atom is -0.489 e. The van der Waals surface area contributed by atoms with Gasteiger partial charge in [0.25, 0.3) is 0 Å². The largest absolute Gasteiger partial charge is 0.489 e. The highest BCUT2D eigenvalue weighted by atomic mass is 35.5. The van der Waals surface area contributed by atoms with Gasteiger partial charge in [-0.1, -0.05) is 23.7 Å². The fraction of sp³-hybridized carbons (Fsp3) is 0.409. The maximum Gasteiger partial charge on any atom is 0.221 e. The standard InChI is InChI=1S/C22H27ClFN3O3/c1-15(28)27-20-7-6-18(24)10-21(20)30-13-19(29)12-26-22(8-9-25-14-22)11-16-2-4-17(23)5-3-16/h2-7,10,19,25-26,29H,8-9,11-14H2,1H3,(H,27,28)/t19-,22-/m0/s1. The molecule has 1 fully saturated rings. The number of carbonyl (C=O) groups is 1. The predicted octanol–water partition coefficient (Wildman–Crippen LogP) is 2.74. The number of β-amino-alcohol motifs (C(OH)–C–C–N with tert-alkyl or cyclic N) is 1. The molecule has 0 aliphatic carbocycles. The van der Waals surface area contributed by atoms with E-state index in [1.54, 1.807) is 0 Å². The zero-order chi connectivity index (χ0) is 21.6. The number of ether oxygens (including phenoxy) is 1. The molecule has 4 N–H and O–H groups in total. The summed E-state index contributed by atoms with van der Waals surface area (Å²) in [5.74, 6) is -0.583. The monoisotopic (exact) mass is 435 g/mol. The van der Waals surface area contributed by atoms with Gasteiger partial charge in [0.05, 0.1) is 5.69 Å². The van der Waals surface area contributed by atoms with Crippen LogP contribution in [0.4, 0.5) is 10.1 Å². The summed E-state index contributed by atoms with van der Waals surface area (Å²) in [4.78, 5) is 11.3. The summed E-state index contributed by atoms with van der Waals surface area (Å²) in [6.07, 6.45) is 0.933. The first-order valence-corrected chi connectivity index (χ1v) is 10.3. The molecule has 2 atom stereocenters. The average Bonchev–Trinajstić information content (AvgIpc) is 3.17. The first-order chi connectivity index (χ1) is 14.3. The summed E-state index contributed by atoms with van der Waals surface area (Å²) < 4.78 is 19.1. The van der Waals surface area contributed by atoms with Crippen molar-refractivity contribution < 1.29 is 19.0 Å². The van der Waals surface area contributed by atoms with Gasteiger partial charge in [0.15, 0.2) is 0 Å². The van der Waals surface area contributed by atoms with E-state index in [4.69, 9.17) is 16.3 Å². The number of anilines is 1. The Kier molecular flexibility index (Phi) is 7.66. The molecule has 0 radical (unpaired) electrons. The lowest BCUT2D eigenvalue weighted by molar-refractivity contribution is -0.114. The number of benzene rings is 2. The van der Waals surface area contributed by atoms with Gasteiger partial charge >= 0.3 is 0 Å². The number of nitrogens with one attached hydrogen (secondary N) is 3. The molecule has 0 bridgehead atoms. The number of rotatable bonds is 9.